The molecule has 49 heavy (non-hydrogen) atoms. The molecule has 0 bridgehead atoms. The van der Waals surface area contributed by atoms with Crippen molar-refractivity contribution < 1.29 is 41.8 Å². The second-order valence-electron chi connectivity index (χ2n) is 14.3. The van der Waals surface area contributed by atoms with Crippen LogP contribution in [0.1, 0.15) is 71.6 Å². The lowest BCUT2D eigenvalue weighted by atomic mass is 9.74. The number of piperidine rings is 1. The number of hydrogen-bond donors (Lipinski definition) is 2. The van der Waals surface area contributed by atoms with Crippen LogP contribution in [0.2, 0.25) is 0 Å². The van der Waals surface area contributed by atoms with Gasteiger partial charge in [0.2, 0.25) is 28.6 Å². The molecule has 2 aromatic carbocycles. The summed E-state index contributed by atoms with van der Waals surface area (Å²) >= 11 is 0. The normalized spacial score (nSPS) is 17.1. The fourth-order valence-electron chi connectivity index (χ4n) is 5.96. The summed E-state index contributed by atoms with van der Waals surface area (Å²) in [5.74, 6) is -1.58. The highest BCUT2D eigenvalue weighted by Gasteiger charge is 2.48. The zero-order valence-electron chi connectivity index (χ0n) is 29.3. The van der Waals surface area contributed by atoms with Gasteiger partial charge in [-0.05, 0) is 71.6 Å². The van der Waals surface area contributed by atoms with Crippen molar-refractivity contribution in [2.45, 2.75) is 77.5 Å². The Morgan fingerprint density at radius 3 is 2.14 bits per heavy atom. The molecular weight excluding hydrogens is 652 g/mol. The molecule has 2 N–H and O–H groups in total. The van der Waals surface area contributed by atoms with E-state index in [1.807, 2.05) is 61.5 Å². The van der Waals surface area contributed by atoms with Crippen LogP contribution >= 0.6 is 0 Å². The quantitative estimate of drug-likeness (QED) is 0.264. The number of esters is 1. The minimum atomic E-state index is -3.50. The Hall–Kier alpha value is -4.17. The van der Waals surface area contributed by atoms with Gasteiger partial charge in [0, 0.05) is 25.0 Å². The topological polar surface area (TPSA) is 161 Å². The molecule has 0 aromatic heterocycles. The number of likely N-dealkylation sites (tertiary alicyclic amines) is 1. The second kappa shape index (κ2) is 14.8. The average Bonchev–Trinajstić information content (AvgIpc) is 3.36. The molecule has 3 amide bonds. The van der Waals surface area contributed by atoms with Crippen molar-refractivity contribution in [2.24, 2.45) is 5.41 Å². The average molecular weight is 701 g/mol. The van der Waals surface area contributed by atoms with E-state index in [1.54, 1.807) is 25.7 Å². The van der Waals surface area contributed by atoms with Crippen molar-refractivity contribution in [1.29, 1.82) is 0 Å². The summed E-state index contributed by atoms with van der Waals surface area (Å²) in [5.41, 5.74) is -0.242. The Bertz CT molecular complexity index is 1630. The first-order valence-corrected chi connectivity index (χ1v) is 18.1. The SMILES string of the molecule is CC(OCC(NC(=O)C(C)(C)NC(=O)OCOC(=O)C(C)(C)C)C(=O)N1CCC2(CC1)CN(S(C)(=O)=O)c1ccccc12)c1ccccc1. The lowest BCUT2D eigenvalue weighted by Crippen LogP contribution is -2.61. The monoisotopic (exact) mass is 700 g/mol. The van der Waals surface area contributed by atoms with E-state index >= 15 is 0 Å². The number of anilines is 1. The third kappa shape index (κ3) is 9.09. The van der Waals surface area contributed by atoms with Crippen LogP contribution in [-0.2, 0) is 44.0 Å². The summed E-state index contributed by atoms with van der Waals surface area (Å²) in [7, 11) is -3.50. The lowest BCUT2D eigenvalue weighted by Gasteiger charge is -2.41. The number of benzene rings is 2. The van der Waals surface area contributed by atoms with Gasteiger partial charge < -0.3 is 29.7 Å². The molecule has 0 saturated carbocycles. The van der Waals surface area contributed by atoms with E-state index in [9.17, 15) is 27.6 Å². The van der Waals surface area contributed by atoms with Crippen molar-refractivity contribution in [3.63, 3.8) is 0 Å². The number of nitrogens with zero attached hydrogens (tertiary/aromatic N) is 2. The van der Waals surface area contributed by atoms with E-state index in [1.165, 1.54) is 24.4 Å². The van der Waals surface area contributed by atoms with E-state index < -0.39 is 57.2 Å². The molecule has 1 fully saturated rings. The highest BCUT2D eigenvalue weighted by Crippen LogP contribution is 2.47. The fourth-order valence-corrected chi connectivity index (χ4v) is 6.96. The number of ether oxygens (including phenoxy) is 3. The number of para-hydroxylation sites is 1. The molecule has 0 radical (unpaired) electrons. The summed E-state index contributed by atoms with van der Waals surface area (Å²) < 4.78 is 42.7. The molecule has 268 valence electrons. The standard InChI is InChI=1S/C35H48N4O9S/c1-24(25-13-9-8-10-14-25)46-21-27(36-30(41)34(5,6)37-32(43)48-23-47-31(42)33(2,3)4)29(40)38-19-17-35(18-20-38)22-39(49(7,44)45)28-16-12-11-15-26(28)35/h8-16,24,27H,17-23H2,1-7H3,(H,36,41)(H,37,43). The molecule has 2 aromatic rings. The number of rotatable bonds is 11. The summed E-state index contributed by atoms with van der Waals surface area (Å²) in [6.07, 6.45) is 0.889. The second-order valence-corrected chi connectivity index (χ2v) is 16.2. The Balaban J connectivity index is 1.45. The van der Waals surface area contributed by atoms with Crippen LogP contribution in [0, 0.1) is 5.41 Å². The molecule has 2 aliphatic rings. The molecule has 14 heteroatoms. The molecule has 2 atom stereocenters. The smallest absolute Gasteiger partial charge is 0.410 e. The third-order valence-corrected chi connectivity index (χ3v) is 10.1. The summed E-state index contributed by atoms with van der Waals surface area (Å²) in [6, 6.07) is 15.8. The van der Waals surface area contributed by atoms with Gasteiger partial charge in [0.25, 0.3) is 0 Å². The molecule has 2 aliphatic heterocycles. The number of carbonyl (C=O) groups excluding carboxylic acids is 4. The van der Waals surface area contributed by atoms with E-state index in [4.69, 9.17) is 14.2 Å². The Labute approximate surface area is 288 Å². The van der Waals surface area contributed by atoms with E-state index in [0.29, 0.717) is 38.2 Å². The van der Waals surface area contributed by atoms with Gasteiger partial charge >= 0.3 is 12.1 Å². The maximum Gasteiger partial charge on any atom is 0.410 e. The first-order valence-electron chi connectivity index (χ1n) is 16.3. The van der Waals surface area contributed by atoms with Crippen LogP contribution in [0.4, 0.5) is 10.5 Å². The van der Waals surface area contributed by atoms with Gasteiger partial charge in [-0.2, -0.15) is 0 Å². The van der Waals surface area contributed by atoms with Crippen LogP contribution in [0.3, 0.4) is 0 Å². The van der Waals surface area contributed by atoms with Crippen molar-refractivity contribution >= 4 is 39.6 Å². The van der Waals surface area contributed by atoms with Crippen LogP contribution in [-0.4, -0.2) is 88.1 Å². The number of fused-ring (bicyclic) bond motifs is 2. The zero-order chi connectivity index (χ0) is 36.2. The molecule has 1 spiro atoms. The predicted octanol–water partition coefficient (Wildman–Crippen LogP) is 3.64. The van der Waals surface area contributed by atoms with Gasteiger partial charge in [-0.1, -0.05) is 48.5 Å². The number of amides is 3. The maximum atomic E-state index is 14.1. The molecule has 4 rings (SSSR count). The number of hydrogen-bond acceptors (Lipinski definition) is 9. The van der Waals surface area contributed by atoms with Gasteiger partial charge in [-0.15, -0.1) is 0 Å². The largest absolute Gasteiger partial charge is 0.427 e. The number of nitrogens with one attached hydrogen (secondary N) is 2. The molecular formula is C35H48N4O9S. The van der Waals surface area contributed by atoms with Crippen molar-refractivity contribution in [3.8, 4) is 0 Å². The highest BCUT2D eigenvalue weighted by molar-refractivity contribution is 7.92. The van der Waals surface area contributed by atoms with Crippen molar-refractivity contribution in [3.05, 3.63) is 65.7 Å². The molecule has 13 nitrogen and oxygen atoms in total. The van der Waals surface area contributed by atoms with Gasteiger partial charge in [-0.25, -0.2) is 13.2 Å². The molecule has 0 aliphatic carbocycles. The number of sulfonamides is 1. The first kappa shape index (κ1) is 37.6. The van der Waals surface area contributed by atoms with Gasteiger partial charge in [-0.3, -0.25) is 18.7 Å². The minimum absolute atomic E-state index is 0.143. The number of alkyl carbamates (subject to hydrolysis) is 1. The summed E-state index contributed by atoms with van der Waals surface area (Å²) in [5, 5.41) is 5.22. The predicted molar refractivity (Wildman–Crippen MR) is 183 cm³/mol. The zero-order valence-corrected chi connectivity index (χ0v) is 30.1. The third-order valence-electron chi connectivity index (χ3n) is 8.98. The molecule has 1 saturated heterocycles. The van der Waals surface area contributed by atoms with Crippen LogP contribution < -0.4 is 14.9 Å². The Morgan fingerprint density at radius 1 is 0.918 bits per heavy atom. The van der Waals surface area contributed by atoms with Crippen molar-refractivity contribution in [2.75, 3.05) is 43.6 Å². The van der Waals surface area contributed by atoms with E-state index in [-0.39, 0.29) is 18.6 Å². The molecule has 2 unspecified atom stereocenters. The highest BCUT2D eigenvalue weighted by atomic mass is 32.2. The molecule has 2 heterocycles. The number of carbonyl (C=O) groups is 4. The summed E-state index contributed by atoms with van der Waals surface area (Å²) in [6.45, 7) is 9.95. The van der Waals surface area contributed by atoms with E-state index in [2.05, 4.69) is 10.6 Å². The lowest BCUT2D eigenvalue weighted by molar-refractivity contribution is -0.161. The van der Waals surface area contributed by atoms with Crippen LogP contribution in [0.5, 0.6) is 0 Å². The Morgan fingerprint density at radius 2 is 1.53 bits per heavy atom. The minimum Gasteiger partial charge on any atom is -0.427 e. The summed E-state index contributed by atoms with van der Waals surface area (Å²) in [4.78, 5) is 53.7. The van der Waals surface area contributed by atoms with Gasteiger partial charge in [0.1, 0.15) is 11.6 Å². The van der Waals surface area contributed by atoms with E-state index in [0.717, 1.165) is 11.1 Å². The van der Waals surface area contributed by atoms with Crippen molar-refractivity contribution in [1.82, 2.24) is 15.5 Å². The first-order chi connectivity index (χ1) is 22.8. The van der Waals surface area contributed by atoms with Crippen LogP contribution in [0.25, 0.3) is 0 Å². The fraction of sp³-hybridized carbons (Fsp3) is 0.543. The Kier molecular flexibility index (Phi) is 11.3. The van der Waals surface area contributed by atoms with Crippen LogP contribution in [0.15, 0.2) is 54.6 Å². The maximum absolute atomic E-state index is 14.1. The van der Waals surface area contributed by atoms with Gasteiger partial charge in [0.15, 0.2) is 0 Å². The van der Waals surface area contributed by atoms with Gasteiger partial charge in [0.05, 0.1) is 30.1 Å².